The fourth-order valence-electron chi connectivity index (χ4n) is 2.23. The van der Waals surface area contributed by atoms with E-state index in [1.54, 1.807) is 17.4 Å². The van der Waals surface area contributed by atoms with E-state index in [1.807, 2.05) is 18.2 Å². The quantitative estimate of drug-likeness (QED) is 0.814. The summed E-state index contributed by atoms with van der Waals surface area (Å²) < 4.78 is 0.717. The van der Waals surface area contributed by atoms with E-state index in [0.29, 0.717) is 15.2 Å². The topological polar surface area (TPSA) is 29.1 Å². The molecule has 3 rings (SSSR count). The van der Waals surface area contributed by atoms with Crippen LogP contribution in [0.4, 0.5) is 5.69 Å². The van der Waals surface area contributed by atoms with Gasteiger partial charge in [0.2, 0.25) is 0 Å². The number of hydrogen-bond acceptors (Lipinski definition) is 2. The summed E-state index contributed by atoms with van der Waals surface area (Å²) in [5.41, 5.74) is 2.03. The van der Waals surface area contributed by atoms with Crippen LogP contribution in [0.3, 0.4) is 0 Å². The third kappa shape index (κ3) is 2.57. The lowest BCUT2D eigenvalue weighted by Crippen LogP contribution is -2.10. The van der Waals surface area contributed by atoms with Gasteiger partial charge in [0.05, 0.1) is 20.1 Å². The van der Waals surface area contributed by atoms with E-state index in [1.165, 1.54) is 16.9 Å². The average molecular weight is 357 g/mol. The zero-order valence-electron chi connectivity index (χ0n) is 10.0. The number of carbonyl (C=O) groups is 1. The number of fused-ring (bicyclic) bond motifs is 1. The van der Waals surface area contributed by atoms with Crippen LogP contribution < -0.4 is 5.32 Å². The van der Waals surface area contributed by atoms with Gasteiger partial charge in [0.25, 0.3) is 5.91 Å². The van der Waals surface area contributed by atoms with Gasteiger partial charge in [-0.1, -0.05) is 17.7 Å². The highest BCUT2D eigenvalue weighted by atomic mass is 79.9. The third-order valence-corrected chi connectivity index (χ3v) is 5.80. The molecule has 0 spiro atoms. The molecular formula is C14H11BrClNOS. The first-order valence-corrected chi connectivity index (χ1v) is 8.01. The molecule has 0 atom stereocenters. The van der Waals surface area contributed by atoms with Crippen molar-refractivity contribution in [3.8, 4) is 0 Å². The maximum absolute atomic E-state index is 12.2. The molecule has 19 heavy (non-hydrogen) atoms. The van der Waals surface area contributed by atoms with Gasteiger partial charge in [-0.05, 0) is 59.0 Å². The van der Waals surface area contributed by atoms with Gasteiger partial charge in [0, 0.05) is 4.88 Å². The SMILES string of the molecule is O=C(Nc1cccc(Cl)c1Br)c1cc2c(s1)CCC2. The molecule has 0 fully saturated rings. The molecule has 5 heteroatoms. The van der Waals surface area contributed by atoms with Gasteiger partial charge in [-0.15, -0.1) is 11.3 Å². The van der Waals surface area contributed by atoms with Gasteiger partial charge >= 0.3 is 0 Å². The molecule has 1 amide bonds. The van der Waals surface area contributed by atoms with Crippen molar-refractivity contribution in [1.29, 1.82) is 0 Å². The summed E-state index contributed by atoms with van der Waals surface area (Å²) in [6.07, 6.45) is 3.41. The molecule has 0 aliphatic heterocycles. The van der Waals surface area contributed by atoms with Crippen molar-refractivity contribution in [2.75, 3.05) is 5.32 Å². The van der Waals surface area contributed by atoms with Crippen molar-refractivity contribution in [2.45, 2.75) is 19.3 Å². The van der Waals surface area contributed by atoms with Crippen molar-refractivity contribution >= 4 is 50.5 Å². The van der Waals surface area contributed by atoms with E-state index in [-0.39, 0.29) is 5.91 Å². The first-order valence-electron chi connectivity index (χ1n) is 6.02. The molecule has 1 aliphatic rings. The summed E-state index contributed by atoms with van der Waals surface area (Å²) >= 11 is 11.0. The standard InChI is InChI=1S/C14H11BrClNOS/c15-13-9(16)4-2-5-10(13)17-14(18)12-7-8-3-1-6-11(8)19-12/h2,4-5,7H,1,3,6H2,(H,17,18). The lowest BCUT2D eigenvalue weighted by atomic mass is 10.2. The van der Waals surface area contributed by atoms with E-state index in [4.69, 9.17) is 11.6 Å². The van der Waals surface area contributed by atoms with E-state index in [0.717, 1.165) is 17.7 Å². The number of thiophene rings is 1. The third-order valence-electron chi connectivity index (χ3n) is 3.17. The highest BCUT2D eigenvalue weighted by Crippen LogP contribution is 2.33. The van der Waals surface area contributed by atoms with Crippen molar-refractivity contribution in [1.82, 2.24) is 0 Å². The van der Waals surface area contributed by atoms with Crippen molar-refractivity contribution < 1.29 is 4.79 Å². The minimum atomic E-state index is -0.0673. The average Bonchev–Trinajstić information content (AvgIpc) is 2.95. The van der Waals surface area contributed by atoms with Crippen molar-refractivity contribution in [3.05, 3.63) is 49.1 Å². The molecule has 1 aromatic carbocycles. The lowest BCUT2D eigenvalue weighted by molar-refractivity contribution is 0.103. The van der Waals surface area contributed by atoms with Crippen LogP contribution >= 0.6 is 38.9 Å². The number of benzene rings is 1. The summed E-state index contributed by atoms with van der Waals surface area (Å²) in [5, 5.41) is 3.49. The minimum Gasteiger partial charge on any atom is -0.320 e. The van der Waals surface area contributed by atoms with Gasteiger partial charge in [-0.25, -0.2) is 0 Å². The molecule has 0 saturated carbocycles. The maximum Gasteiger partial charge on any atom is 0.265 e. The maximum atomic E-state index is 12.2. The van der Waals surface area contributed by atoms with Gasteiger partial charge < -0.3 is 5.32 Å². The fraction of sp³-hybridized carbons (Fsp3) is 0.214. The summed E-state index contributed by atoms with van der Waals surface area (Å²) in [6, 6.07) is 7.44. The minimum absolute atomic E-state index is 0.0673. The number of amides is 1. The largest absolute Gasteiger partial charge is 0.320 e. The zero-order chi connectivity index (χ0) is 13.4. The number of halogens is 2. The van der Waals surface area contributed by atoms with Crippen LogP contribution in [0.15, 0.2) is 28.7 Å². The molecule has 1 aliphatic carbocycles. The molecule has 1 N–H and O–H groups in total. The first-order chi connectivity index (χ1) is 9.15. The molecule has 0 unspecified atom stereocenters. The Morgan fingerprint density at radius 2 is 2.21 bits per heavy atom. The zero-order valence-corrected chi connectivity index (χ0v) is 13.2. The molecule has 1 heterocycles. The van der Waals surface area contributed by atoms with Crippen molar-refractivity contribution in [2.24, 2.45) is 0 Å². The predicted molar refractivity (Wildman–Crippen MR) is 83.4 cm³/mol. The fourth-order valence-corrected chi connectivity index (χ4v) is 3.91. The van der Waals surface area contributed by atoms with Crippen LogP contribution in [0, 0.1) is 0 Å². The molecule has 0 radical (unpaired) electrons. The molecule has 2 nitrogen and oxygen atoms in total. The van der Waals surface area contributed by atoms with E-state index < -0.39 is 0 Å². The van der Waals surface area contributed by atoms with Crippen LogP contribution in [0.25, 0.3) is 0 Å². The molecule has 98 valence electrons. The Bertz CT molecular complexity index is 631. The lowest BCUT2D eigenvalue weighted by Gasteiger charge is -2.07. The highest BCUT2D eigenvalue weighted by Gasteiger charge is 2.19. The monoisotopic (exact) mass is 355 g/mol. The molecule has 1 aromatic heterocycles. The number of rotatable bonds is 2. The number of aryl methyl sites for hydroxylation is 2. The predicted octanol–water partition coefficient (Wildman–Crippen LogP) is 4.91. The number of anilines is 1. The van der Waals surface area contributed by atoms with Crippen LogP contribution in [0.1, 0.15) is 26.5 Å². The second-order valence-corrected chi connectivity index (χ2v) is 6.81. The number of hydrogen-bond donors (Lipinski definition) is 1. The van der Waals surface area contributed by atoms with Crippen LogP contribution in [0.2, 0.25) is 5.02 Å². The Morgan fingerprint density at radius 3 is 3.00 bits per heavy atom. The summed E-state index contributed by atoms with van der Waals surface area (Å²) in [4.78, 5) is 14.3. The Kier molecular flexibility index (Phi) is 3.65. The summed E-state index contributed by atoms with van der Waals surface area (Å²) in [7, 11) is 0. The smallest absolute Gasteiger partial charge is 0.265 e. The van der Waals surface area contributed by atoms with E-state index in [9.17, 15) is 4.79 Å². The molecule has 2 aromatic rings. The van der Waals surface area contributed by atoms with E-state index in [2.05, 4.69) is 21.2 Å². The Morgan fingerprint density at radius 1 is 1.37 bits per heavy atom. The Balaban J connectivity index is 1.82. The molecule has 0 bridgehead atoms. The summed E-state index contributed by atoms with van der Waals surface area (Å²) in [5.74, 6) is -0.0673. The first kappa shape index (κ1) is 13.2. The van der Waals surface area contributed by atoms with Crippen LogP contribution in [-0.2, 0) is 12.8 Å². The van der Waals surface area contributed by atoms with E-state index >= 15 is 0 Å². The molecule has 0 saturated heterocycles. The van der Waals surface area contributed by atoms with Gasteiger partial charge in [0.1, 0.15) is 0 Å². The second-order valence-electron chi connectivity index (χ2n) is 4.47. The summed E-state index contributed by atoms with van der Waals surface area (Å²) in [6.45, 7) is 0. The van der Waals surface area contributed by atoms with Crippen LogP contribution in [-0.4, -0.2) is 5.91 Å². The van der Waals surface area contributed by atoms with Crippen molar-refractivity contribution in [3.63, 3.8) is 0 Å². The Labute approximate surface area is 128 Å². The van der Waals surface area contributed by atoms with Gasteiger partial charge in [-0.3, -0.25) is 4.79 Å². The Hall–Kier alpha value is -0.840. The number of nitrogens with one attached hydrogen (secondary N) is 1. The highest BCUT2D eigenvalue weighted by molar-refractivity contribution is 9.10. The second kappa shape index (κ2) is 5.27. The normalized spacial score (nSPS) is 13.4. The number of carbonyl (C=O) groups excluding carboxylic acids is 1. The van der Waals surface area contributed by atoms with Gasteiger partial charge in [0.15, 0.2) is 0 Å². The van der Waals surface area contributed by atoms with Crippen LogP contribution in [0.5, 0.6) is 0 Å². The molecular weight excluding hydrogens is 346 g/mol. The van der Waals surface area contributed by atoms with Gasteiger partial charge in [-0.2, -0.15) is 0 Å².